The Morgan fingerprint density at radius 3 is 2.24 bits per heavy atom. The second-order valence-corrected chi connectivity index (χ2v) is 5.55. The molecule has 0 aliphatic carbocycles. The van der Waals surface area contributed by atoms with Crippen LogP contribution in [0.1, 0.15) is 16.7 Å². The highest BCUT2D eigenvalue weighted by Crippen LogP contribution is 2.40. The van der Waals surface area contributed by atoms with Crippen molar-refractivity contribution in [1.29, 1.82) is 0 Å². The highest BCUT2D eigenvalue weighted by atomic mass is 16.5. The minimum Gasteiger partial charge on any atom is -0.493 e. The molecule has 0 spiro atoms. The summed E-state index contributed by atoms with van der Waals surface area (Å²) in [5.74, 6) is 1.34. The summed E-state index contributed by atoms with van der Waals surface area (Å²) in [7, 11) is 4.65. The van der Waals surface area contributed by atoms with Crippen LogP contribution in [-0.2, 0) is 4.79 Å². The molecule has 0 saturated heterocycles. The van der Waals surface area contributed by atoms with Crippen LogP contribution in [0.2, 0.25) is 0 Å². The Morgan fingerprint density at radius 2 is 1.64 bits per heavy atom. The molecule has 0 saturated carbocycles. The van der Waals surface area contributed by atoms with Gasteiger partial charge >= 0.3 is 0 Å². The van der Waals surface area contributed by atoms with Crippen LogP contribution in [0.15, 0.2) is 36.4 Å². The first-order valence-electron chi connectivity index (χ1n) is 7.85. The number of nitrogens with one attached hydrogen (secondary N) is 1. The summed E-state index contributed by atoms with van der Waals surface area (Å²) in [6.07, 6.45) is 3.14. The number of benzene rings is 2. The molecule has 0 unspecified atom stereocenters. The lowest BCUT2D eigenvalue weighted by atomic mass is 10.1. The molecule has 0 fully saturated rings. The van der Waals surface area contributed by atoms with Gasteiger partial charge < -0.3 is 19.5 Å². The number of aryl methyl sites for hydroxylation is 2. The van der Waals surface area contributed by atoms with E-state index in [-0.39, 0.29) is 5.91 Å². The van der Waals surface area contributed by atoms with Gasteiger partial charge in [0.15, 0.2) is 11.5 Å². The summed E-state index contributed by atoms with van der Waals surface area (Å²) >= 11 is 0. The van der Waals surface area contributed by atoms with Crippen molar-refractivity contribution in [3.8, 4) is 17.2 Å². The number of hydrogen-bond acceptors (Lipinski definition) is 4. The zero-order chi connectivity index (χ0) is 18.4. The SMILES string of the molecule is COc1ccc(/C=C\C(=O)Nc2ccc(C)c(C)c2)c(OC)c1OC. The van der Waals surface area contributed by atoms with Gasteiger partial charge in [0.25, 0.3) is 0 Å². The van der Waals surface area contributed by atoms with E-state index >= 15 is 0 Å². The number of ether oxygens (including phenoxy) is 3. The Kier molecular flexibility index (Phi) is 6.06. The summed E-state index contributed by atoms with van der Waals surface area (Å²) in [5, 5.41) is 2.85. The molecule has 0 atom stereocenters. The van der Waals surface area contributed by atoms with Gasteiger partial charge in [0.05, 0.1) is 21.3 Å². The van der Waals surface area contributed by atoms with Crippen molar-refractivity contribution in [2.75, 3.05) is 26.6 Å². The maximum Gasteiger partial charge on any atom is 0.248 e. The Balaban J connectivity index is 2.20. The smallest absolute Gasteiger partial charge is 0.248 e. The normalized spacial score (nSPS) is 10.6. The second kappa shape index (κ2) is 8.24. The van der Waals surface area contributed by atoms with Crippen molar-refractivity contribution in [3.63, 3.8) is 0 Å². The first-order chi connectivity index (χ1) is 12.0. The zero-order valence-electron chi connectivity index (χ0n) is 15.2. The van der Waals surface area contributed by atoms with Crippen molar-refractivity contribution >= 4 is 17.7 Å². The third-order valence-corrected chi connectivity index (χ3v) is 3.92. The summed E-state index contributed by atoms with van der Waals surface area (Å²) in [5.41, 5.74) is 3.79. The first-order valence-corrected chi connectivity index (χ1v) is 7.85. The van der Waals surface area contributed by atoms with E-state index < -0.39 is 0 Å². The topological polar surface area (TPSA) is 56.8 Å². The van der Waals surface area contributed by atoms with Crippen LogP contribution < -0.4 is 19.5 Å². The molecule has 0 aromatic heterocycles. The molecule has 5 heteroatoms. The van der Waals surface area contributed by atoms with Crippen LogP contribution >= 0.6 is 0 Å². The quantitative estimate of drug-likeness (QED) is 0.808. The van der Waals surface area contributed by atoms with Gasteiger partial charge in [-0.2, -0.15) is 0 Å². The van der Waals surface area contributed by atoms with Gasteiger partial charge in [-0.1, -0.05) is 6.07 Å². The minimum absolute atomic E-state index is 0.222. The summed E-state index contributed by atoms with van der Waals surface area (Å²) in [6.45, 7) is 4.04. The van der Waals surface area contributed by atoms with Gasteiger partial charge in [0, 0.05) is 17.3 Å². The van der Waals surface area contributed by atoms with E-state index in [9.17, 15) is 4.79 Å². The number of amides is 1. The van der Waals surface area contributed by atoms with Crippen LogP contribution in [0.25, 0.3) is 6.08 Å². The Morgan fingerprint density at radius 1 is 0.920 bits per heavy atom. The standard InChI is InChI=1S/C20H23NO4/c1-13-6-9-16(12-14(13)2)21-18(22)11-8-15-7-10-17(23-3)20(25-5)19(15)24-4/h6-12H,1-5H3,(H,21,22)/b11-8-. The number of hydrogen-bond donors (Lipinski definition) is 1. The number of anilines is 1. The fourth-order valence-electron chi connectivity index (χ4n) is 2.42. The van der Waals surface area contributed by atoms with Crippen molar-refractivity contribution in [2.45, 2.75) is 13.8 Å². The van der Waals surface area contributed by atoms with Crippen LogP contribution in [0, 0.1) is 13.8 Å². The maximum atomic E-state index is 12.2. The molecule has 2 aromatic carbocycles. The maximum absolute atomic E-state index is 12.2. The largest absolute Gasteiger partial charge is 0.493 e. The van der Waals surface area contributed by atoms with Crippen LogP contribution in [0.4, 0.5) is 5.69 Å². The number of carbonyl (C=O) groups excluding carboxylic acids is 1. The average molecular weight is 341 g/mol. The number of rotatable bonds is 6. The van der Waals surface area contributed by atoms with E-state index in [1.807, 2.05) is 32.0 Å². The molecule has 0 radical (unpaired) electrons. The minimum atomic E-state index is -0.222. The van der Waals surface area contributed by atoms with Gasteiger partial charge in [0.1, 0.15) is 0 Å². The molecule has 0 heterocycles. The predicted molar refractivity (Wildman–Crippen MR) is 99.7 cm³/mol. The molecular weight excluding hydrogens is 318 g/mol. The van der Waals surface area contributed by atoms with E-state index in [0.29, 0.717) is 17.2 Å². The third kappa shape index (κ3) is 4.32. The number of carbonyl (C=O) groups is 1. The highest BCUT2D eigenvalue weighted by molar-refractivity contribution is 6.02. The summed E-state index contributed by atoms with van der Waals surface area (Å²) in [6, 6.07) is 9.37. The molecule has 1 amide bonds. The zero-order valence-corrected chi connectivity index (χ0v) is 15.2. The van der Waals surface area contributed by atoms with Gasteiger partial charge in [-0.15, -0.1) is 0 Å². The van der Waals surface area contributed by atoms with Gasteiger partial charge in [-0.05, 0) is 55.3 Å². The average Bonchev–Trinajstić information content (AvgIpc) is 2.61. The van der Waals surface area contributed by atoms with E-state index in [0.717, 1.165) is 16.8 Å². The molecular formula is C20H23NO4. The Labute approximate surface area is 148 Å². The van der Waals surface area contributed by atoms with Gasteiger partial charge in [0.2, 0.25) is 11.7 Å². The summed E-state index contributed by atoms with van der Waals surface area (Å²) in [4.78, 5) is 12.2. The molecule has 25 heavy (non-hydrogen) atoms. The van der Waals surface area contributed by atoms with Crippen molar-refractivity contribution < 1.29 is 19.0 Å². The summed E-state index contributed by atoms with van der Waals surface area (Å²) < 4.78 is 16.0. The van der Waals surface area contributed by atoms with Crippen LogP contribution in [0.3, 0.4) is 0 Å². The molecule has 0 aliphatic rings. The lowest BCUT2D eigenvalue weighted by molar-refractivity contribution is -0.111. The van der Waals surface area contributed by atoms with E-state index in [1.165, 1.54) is 11.6 Å². The predicted octanol–water partition coefficient (Wildman–Crippen LogP) is 3.98. The van der Waals surface area contributed by atoms with Crippen molar-refractivity contribution in [3.05, 3.63) is 53.1 Å². The molecule has 2 rings (SSSR count). The van der Waals surface area contributed by atoms with E-state index in [1.54, 1.807) is 39.5 Å². The van der Waals surface area contributed by atoms with Gasteiger partial charge in [-0.25, -0.2) is 0 Å². The van der Waals surface area contributed by atoms with Crippen LogP contribution in [-0.4, -0.2) is 27.2 Å². The first kappa shape index (κ1) is 18.4. The second-order valence-electron chi connectivity index (χ2n) is 5.55. The molecule has 5 nitrogen and oxygen atoms in total. The lowest BCUT2D eigenvalue weighted by Crippen LogP contribution is -2.08. The Hall–Kier alpha value is -2.95. The number of methoxy groups -OCH3 is 3. The lowest BCUT2D eigenvalue weighted by Gasteiger charge is -2.14. The van der Waals surface area contributed by atoms with Crippen molar-refractivity contribution in [1.82, 2.24) is 0 Å². The van der Waals surface area contributed by atoms with Gasteiger partial charge in [-0.3, -0.25) is 4.79 Å². The highest BCUT2D eigenvalue weighted by Gasteiger charge is 2.14. The third-order valence-electron chi connectivity index (χ3n) is 3.92. The van der Waals surface area contributed by atoms with E-state index in [2.05, 4.69) is 5.32 Å². The van der Waals surface area contributed by atoms with E-state index in [4.69, 9.17) is 14.2 Å². The Bertz CT molecular complexity index is 797. The van der Waals surface area contributed by atoms with Crippen LogP contribution in [0.5, 0.6) is 17.2 Å². The fraction of sp³-hybridized carbons (Fsp3) is 0.250. The molecule has 2 aromatic rings. The van der Waals surface area contributed by atoms with Crippen molar-refractivity contribution in [2.24, 2.45) is 0 Å². The molecule has 0 bridgehead atoms. The fourth-order valence-corrected chi connectivity index (χ4v) is 2.42. The molecule has 1 N–H and O–H groups in total. The molecule has 132 valence electrons. The molecule has 0 aliphatic heterocycles. The monoisotopic (exact) mass is 341 g/mol.